The highest BCUT2D eigenvalue weighted by Crippen LogP contribution is 2.35. The zero-order chi connectivity index (χ0) is 37.7. The lowest BCUT2D eigenvalue weighted by atomic mass is 9.95. The summed E-state index contributed by atoms with van der Waals surface area (Å²) in [7, 11) is 4.01. The van der Waals surface area contributed by atoms with Crippen molar-refractivity contribution in [1.82, 2.24) is 10.3 Å². The fourth-order valence-corrected chi connectivity index (χ4v) is 5.69. The van der Waals surface area contributed by atoms with Gasteiger partial charge in [-0.1, -0.05) is 24.3 Å². The normalized spacial score (nSPS) is 13.2. The van der Waals surface area contributed by atoms with Gasteiger partial charge in [0.1, 0.15) is 30.8 Å². The van der Waals surface area contributed by atoms with E-state index in [-0.39, 0.29) is 62.8 Å². The first-order valence-corrected chi connectivity index (χ1v) is 17.4. The standard InChI is InChI=1S/C39H45N5O9/c1-43(2)28-11-8-26(9-12-28)32-14-10-27-23-30(13-15-33(27)41-32)53-25-29(46)24-52-22-21-51-20-19-50-18-16-44-35-7-3-5-31(36(35)39(44)49)38(48)42-34(37(40)47)6-4-17-45/h3,5,7-15,17,23,29,34,46H,4,6,16,18-22,24-25H2,1-2H3,(H2,40,47)(H,42,48). The van der Waals surface area contributed by atoms with E-state index in [1.54, 1.807) is 12.1 Å². The number of carbonyl (C=O) groups is 4. The van der Waals surface area contributed by atoms with Gasteiger partial charge in [-0.05, 0) is 55.0 Å². The topological polar surface area (TPSA) is 183 Å². The second-order valence-corrected chi connectivity index (χ2v) is 12.6. The number of benzene rings is 3. The maximum absolute atomic E-state index is 12.8. The molecule has 1 aromatic heterocycles. The van der Waals surface area contributed by atoms with E-state index in [0.717, 1.165) is 27.8 Å². The number of aldehydes is 1. The number of aromatic nitrogens is 1. The maximum atomic E-state index is 12.8. The van der Waals surface area contributed by atoms with Gasteiger partial charge in [0, 0.05) is 43.7 Å². The van der Waals surface area contributed by atoms with E-state index in [2.05, 4.69) is 34.5 Å². The van der Waals surface area contributed by atoms with Gasteiger partial charge in [0.05, 0.1) is 67.7 Å². The maximum Gasteiger partial charge on any atom is 0.261 e. The number of nitrogens with zero attached hydrogens (tertiary/aromatic N) is 3. The molecule has 0 radical (unpaired) electrons. The summed E-state index contributed by atoms with van der Waals surface area (Å²) in [5.74, 6) is -1.07. The Bertz CT molecular complexity index is 1890. The molecule has 0 saturated carbocycles. The molecule has 2 atom stereocenters. The first-order valence-electron chi connectivity index (χ1n) is 17.4. The number of anilines is 2. The van der Waals surface area contributed by atoms with Gasteiger partial charge < -0.3 is 49.7 Å². The summed E-state index contributed by atoms with van der Waals surface area (Å²) in [5.41, 5.74) is 10.2. The van der Waals surface area contributed by atoms with Crippen LogP contribution >= 0.6 is 0 Å². The Morgan fingerprint density at radius 3 is 2.40 bits per heavy atom. The van der Waals surface area contributed by atoms with Crippen molar-refractivity contribution in [3.05, 3.63) is 83.9 Å². The van der Waals surface area contributed by atoms with Gasteiger partial charge in [0.25, 0.3) is 11.8 Å². The zero-order valence-corrected chi connectivity index (χ0v) is 29.9. The minimum Gasteiger partial charge on any atom is -0.491 e. The van der Waals surface area contributed by atoms with Crippen LogP contribution < -0.4 is 25.6 Å². The van der Waals surface area contributed by atoms with Crippen molar-refractivity contribution in [1.29, 1.82) is 0 Å². The molecule has 1 aliphatic rings. The molecule has 1 aliphatic heterocycles. The number of primary amides is 1. The van der Waals surface area contributed by atoms with Crippen LogP contribution in [-0.2, 0) is 23.8 Å². The molecule has 0 bridgehead atoms. The van der Waals surface area contributed by atoms with Gasteiger partial charge in [0.2, 0.25) is 5.91 Å². The van der Waals surface area contributed by atoms with E-state index < -0.39 is 24.0 Å². The lowest BCUT2D eigenvalue weighted by molar-refractivity contribution is -0.120. The van der Waals surface area contributed by atoms with Crippen LogP contribution in [0.2, 0.25) is 0 Å². The summed E-state index contributed by atoms with van der Waals surface area (Å²) in [6, 6.07) is 21.7. The number of carbonyl (C=O) groups excluding carboxylic acids is 4. The Balaban J connectivity index is 0.926. The molecule has 14 nitrogen and oxygen atoms in total. The molecule has 14 heteroatoms. The van der Waals surface area contributed by atoms with Gasteiger partial charge in [-0.25, -0.2) is 4.98 Å². The van der Waals surface area contributed by atoms with Crippen molar-refractivity contribution in [3.63, 3.8) is 0 Å². The summed E-state index contributed by atoms with van der Waals surface area (Å²) >= 11 is 0. The highest BCUT2D eigenvalue weighted by atomic mass is 16.5. The number of fused-ring (bicyclic) bond motifs is 2. The number of hydrogen-bond acceptors (Lipinski definition) is 11. The van der Waals surface area contributed by atoms with Crippen LogP contribution in [0, 0.1) is 0 Å². The van der Waals surface area contributed by atoms with Crippen molar-refractivity contribution in [2.75, 3.05) is 76.7 Å². The number of amides is 3. The SMILES string of the molecule is CN(C)c1ccc(-c2ccc3cc(OCC(O)COCCOCCOCCN4C(=O)c5c(C(=O)NC(CCC=O)C(N)=O)cccc54)ccc3n2)cc1. The number of pyridine rings is 1. The molecule has 280 valence electrons. The second kappa shape index (κ2) is 18.9. The van der Waals surface area contributed by atoms with Crippen molar-refractivity contribution < 1.29 is 43.2 Å². The molecule has 2 heterocycles. The molecule has 53 heavy (non-hydrogen) atoms. The third-order valence-electron chi connectivity index (χ3n) is 8.55. The Labute approximate surface area is 307 Å². The lowest BCUT2D eigenvalue weighted by Crippen LogP contribution is -2.47. The quantitative estimate of drug-likeness (QED) is 0.0800. The van der Waals surface area contributed by atoms with E-state index in [4.69, 9.17) is 29.7 Å². The van der Waals surface area contributed by atoms with E-state index in [1.165, 1.54) is 11.0 Å². The Morgan fingerprint density at radius 2 is 1.68 bits per heavy atom. The van der Waals surface area contributed by atoms with Gasteiger partial charge >= 0.3 is 0 Å². The average Bonchev–Trinajstić information content (AvgIpc) is 3.16. The van der Waals surface area contributed by atoms with Crippen LogP contribution in [0.4, 0.5) is 11.4 Å². The van der Waals surface area contributed by atoms with Crippen LogP contribution in [-0.4, -0.2) is 113 Å². The molecule has 3 amide bonds. The highest BCUT2D eigenvalue weighted by Gasteiger charge is 2.37. The van der Waals surface area contributed by atoms with E-state index in [1.807, 2.05) is 44.4 Å². The zero-order valence-electron chi connectivity index (χ0n) is 29.9. The molecule has 4 N–H and O–H groups in total. The van der Waals surface area contributed by atoms with Crippen molar-refractivity contribution in [2.45, 2.75) is 25.0 Å². The van der Waals surface area contributed by atoms with Gasteiger partial charge in [-0.3, -0.25) is 14.4 Å². The predicted octanol–water partition coefficient (Wildman–Crippen LogP) is 2.98. The number of hydrogen-bond donors (Lipinski definition) is 3. The fourth-order valence-electron chi connectivity index (χ4n) is 5.69. The third kappa shape index (κ3) is 10.4. The van der Waals surface area contributed by atoms with Crippen molar-refractivity contribution in [2.24, 2.45) is 5.73 Å². The molecule has 5 rings (SSSR count). The first kappa shape index (κ1) is 38.8. The molecular formula is C39H45N5O9. The summed E-state index contributed by atoms with van der Waals surface area (Å²) < 4.78 is 22.4. The fraction of sp³-hybridized carbons (Fsp3) is 0.359. The minimum absolute atomic E-state index is 0.0648. The number of ether oxygens (including phenoxy) is 4. The Kier molecular flexibility index (Phi) is 13.8. The van der Waals surface area contributed by atoms with E-state index >= 15 is 0 Å². The van der Waals surface area contributed by atoms with E-state index in [0.29, 0.717) is 37.5 Å². The number of nitrogens with one attached hydrogen (secondary N) is 1. The van der Waals surface area contributed by atoms with Gasteiger partial charge in [-0.2, -0.15) is 0 Å². The van der Waals surface area contributed by atoms with Crippen molar-refractivity contribution in [3.8, 4) is 17.0 Å². The smallest absolute Gasteiger partial charge is 0.261 e. The van der Waals surface area contributed by atoms with Crippen LogP contribution in [0.25, 0.3) is 22.2 Å². The minimum atomic E-state index is -1.02. The summed E-state index contributed by atoms with van der Waals surface area (Å²) in [5, 5.41) is 13.8. The summed E-state index contributed by atoms with van der Waals surface area (Å²) in [4.78, 5) is 56.2. The lowest BCUT2D eigenvalue weighted by Gasteiger charge is -2.35. The van der Waals surface area contributed by atoms with Crippen LogP contribution in [0.15, 0.2) is 72.8 Å². The highest BCUT2D eigenvalue weighted by molar-refractivity contribution is 6.24. The summed E-state index contributed by atoms with van der Waals surface area (Å²) in [6.07, 6.45) is -0.0375. The number of aliphatic hydroxyl groups is 1. The third-order valence-corrected chi connectivity index (χ3v) is 8.55. The number of nitrogens with two attached hydrogens (primary N) is 1. The Morgan fingerprint density at radius 1 is 0.943 bits per heavy atom. The van der Waals surface area contributed by atoms with Crippen molar-refractivity contribution >= 4 is 46.3 Å². The molecule has 0 fully saturated rings. The molecule has 3 aromatic carbocycles. The molecule has 0 spiro atoms. The molecule has 4 aromatic rings. The monoisotopic (exact) mass is 727 g/mol. The molecular weight excluding hydrogens is 682 g/mol. The van der Waals surface area contributed by atoms with Crippen LogP contribution in [0.3, 0.4) is 0 Å². The van der Waals surface area contributed by atoms with Gasteiger partial charge in [-0.15, -0.1) is 0 Å². The number of aliphatic hydroxyl groups excluding tert-OH is 1. The predicted molar refractivity (Wildman–Crippen MR) is 199 cm³/mol. The van der Waals surface area contributed by atoms with Gasteiger partial charge in [0.15, 0.2) is 0 Å². The largest absolute Gasteiger partial charge is 0.491 e. The molecule has 0 aliphatic carbocycles. The van der Waals surface area contributed by atoms with E-state index in [9.17, 15) is 24.3 Å². The number of rotatable bonds is 22. The molecule has 2 unspecified atom stereocenters. The summed E-state index contributed by atoms with van der Waals surface area (Å²) in [6.45, 7) is 1.91. The van der Waals surface area contributed by atoms with Crippen LogP contribution in [0.5, 0.6) is 5.75 Å². The van der Waals surface area contributed by atoms with Crippen LogP contribution in [0.1, 0.15) is 33.6 Å². The second-order valence-electron chi connectivity index (χ2n) is 12.6. The molecule has 0 saturated heterocycles. The average molecular weight is 728 g/mol. The Hall–Kier alpha value is -5.41. The first-order chi connectivity index (χ1) is 25.7.